The Bertz CT molecular complexity index is 3160. The van der Waals surface area contributed by atoms with E-state index in [0.717, 1.165) is 29.8 Å². The predicted molar refractivity (Wildman–Crippen MR) is 237 cm³/mol. The van der Waals surface area contributed by atoms with Gasteiger partial charge in [-0.2, -0.15) is 5.10 Å². The van der Waals surface area contributed by atoms with Crippen LogP contribution in [0.2, 0.25) is 0 Å². The molecule has 6 aromatic heterocycles. The molecule has 6 heterocycles. The molecule has 0 atom stereocenters. The molecule has 9 rings (SSSR count). The maximum absolute atomic E-state index is 14.8. The minimum Gasteiger partial charge on any atom is -0.434 e. The summed E-state index contributed by atoms with van der Waals surface area (Å²) in [6.45, 7) is 2.14. The molecule has 0 radical (unpaired) electrons. The molecule has 0 aliphatic carbocycles. The van der Waals surface area contributed by atoms with Crippen LogP contribution in [0.15, 0.2) is 142 Å². The van der Waals surface area contributed by atoms with Gasteiger partial charge in [0, 0.05) is 73.6 Å². The van der Waals surface area contributed by atoms with E-state index in [1.165, 1.54) is 70.0 Å². The van der Waals surface area contributed by atoms with Crippen LogP contribution in [-0.2, 0) is 6.54 Å². The van der Waals surface area contributed by atoms with Gasteiger partial charge in [-0.25, -0.2) is 31.0 Å². The first-order valence-electron chi connectivity index (χ1n) is 17.9. The van der Waals surface area contributed by atoms with Gasteiger partial charge in [-0.05, 0) is 72.3 Å². The van der Waals surface area contributed by atoms with Gasteiger partial charge in [0.25, 0.3) is 0 Å². The van der Waals surface area contributed by atoms with Crippen molar-refractivity contribution in [3.8, 4) is 45.3 Å². The molecule has 9 aromatic rings. The highest BCUT2D eigenvalue weighted by Gasteiger charge is 2.19. The van der Waals surface area contributed by atoms with Gasteiger partial charge in [-0.3, -0.25) is 14.6 Å². The Hall–Kier alpha value is -8.08. The van der Waals surface area contributed by atoms with Gasteiger partial charge >= 0.3 is 0 Å². The van der Waals surface area contributed by atoms with Crippen LogP contribution in [0.4, 0.5) is 27.8 Å². The fourth-order valence-electron chi connectivity index (χ4n) is 6.21. The van der Waals surface area contributed by atoms with E-state index in [1.54, 1.807) is 31.5 Å². The molecular weight excluding hydrogens is 836 g/mol. The SMILES string of the molecule is C.C.C.C.Cc1nnc(-c2ccc(F)c(-c3c(=O)ccn4nc(Oc5ccc(F)cc5F)ccc34)c2)o1.O=c1ccn2nc(NCc3cccnc3)ccc2c1-c1c(F)cccc1F. The van der Waals surface area contributed by atoms with Crippen LogP contribution in [0.1, 0.15) is 41.2 Å². The summed E-state index contributed by atoms with van der Waals surface area (Å²) >= 11 is 0. The van der Waals surface area contributed by atoms with Gasteiger partial charge in [-0.1, -0.05) is 41.8 Å². The Kier molecular flexibility index (Phi) is 15.7. The van der Waals surface area contributed by atoms with Gasteiger partial charge in [0.05, 0.1) is 27.7 Å². The molecule has 0 saturated carbocycles. The van der Waals surface area contributed by atoms with Crippen molar-refractivity contribution in [1.82, 2.24) is 34.4 Å². The molecule has 0 aliphatic heterocycles. The molecule has 12 nitrogen and oxygen atoms in total. The third-order valence-electron chi connectivity index (χ3n) is 8.96. The second-order valence-corrected chi connectivity index (χ2v) is 13.0. The van der Waals surface area contributed by atoms with Crippen LogP contribution in [-0.4, -0.2) is 34.4 Å². The lowest BCUT2D eigenvalue weighted by Crippen LogP contribution is -2.12. The number of nitrogens with zero attached hydrogens (tertiary/aromatic N) is 7. The molecule has 0 fully saturated rings. The molecule has 0 spiro atoms. The van der Waals surface area contributed by atoms with Crippen molar-refractivity contribution in [2.24, 2.45) is 0 Å². The van der Waals surface area contributed by atoms with Crippen molar-refractivity contribution in [2.45, 2.75) is 43.2 Å². The largest absolute Gasteiger partial charge is 0.434 e. The number of benzene rings is 3. The fraction of sp³-hybridized carbons (Fsp3) is 0.128. The van der Waals surface area contributed by atoms with E-state index < -0.39 is 39.9 Å². The Labute approximate surface area is 364 Å². The average Bonchev–Trinajstić information content (AvgIpc) is 3.68. The highest BCUT2D eigenvalue weighted by atomic mass is 19.1. The maximum Gasteiger partial charge on any atom is 0.247 e. The van der Waals surface area contributed by atoms with Crippen LogP contribution in [0.5, 0.6) is 11.6 Å². The number of pyridine rings is 3. The number of ether oxygens (including phenoxy) is 1. The molecule has 64 heavy (non-hydrogen) atoms. The quantitative estimate of drug-likeness (QED) is 0.147. The molecule has 0 saturated heterocycles. The zero-order valence-corrected chi connectivity index (χ0v) is 31.0. The van der Waals surface area contributed by atoms with E-state index >= 15 is 0 Å². The van der Waals surface area contributed by atoms with Crippen LogP contribution in [0.3, 0.4) is 0 Å². The molecule has 0 bridgehead atoms. The van der Waals surface area contributed by atoms with Crippen molar-refractivity contribution in [2.75, 3.05) is 5.32 Å². The molecule has 17 heteroatoms. The highest BCUT2D eigenvalue weighted by molar-refractivity contribution is 5.83. The van der Waals surface area contributed by atoms with Crippen LogP contribution in [0, 0.1) is 36.0 Å². The minimum absolute atomic E-state index is 0. The number of aromatic nitrogens is 7. The fourth-order valence-corrected chi connectivity index (χ4v) is 6.21. The van der Waals surface area contributed by atoms with Crippen molar-refractivity contribution >= 4 is 16.9 Å². The van der Waals surface area contributed by atoms with E-state index in [0.29, 0.717) is 35.4 Å². The smallest absolute Gasteiger partial charge is 0.247 e. The summed E-state index contributed by atoms with van der Waals surface area (Å²) in [6, 6.07) is 22.9. The number of halogens is 5. The lowest BCUT2D eigenvalue weighted by Gasteiger charge is -2.11. The third kappa shape index (κ3) is 10.2. The molecule has 0 unspecified atom stereocenters. The van der Waals surface area contributed by atoms with Gasteiger partial charge in [0.2, 0.25) is 17.7 Å². The van der Waals surface area contributed by atoms with Crippen molar-refractivity contribution in [3.05, 3.63) is 189 Å². The number of aryl methyl sites for hydroxylation is 1. The summed E-state index contributed by atoms with van der Waals surface area (Å²) in [5.41, 5.74) is 0.779. The summed E-state index contributed by atoms with van der Waals surface area (Å²) in [5.74, 6) is -3.02. The van der Waals surface area contributed by atoms with E-state index in [1.807, 2.05) is 12.1 Å². The van der Waals surface area contributed by atoms with Gasteiger partial charge in [-0.15, -0.1) is 15.3 Å². The Balaban J connectivity index is 0.000000269. The van der Waals surface area contributed by atoms with Crippen molar-refractivity contribution in [3.63, 3.8) is 0 Å². The summed E-state index contributed by atoms with van der Waals surface area (Å²) in [6.07, 6.45) is 6.27. The molecule has 1 N–H and O–H groups in total. The zero-order chi connectivity index (χ0) is 41.9. The zero-order valence-electron chi connectivity index (χ0n) is 31.0. The monoisotopic (exact) mass is 878 g/mol. The molecule has 0 amide bonds. The number of hydrogen-bond acceptors (Lipinski definition) is 10. The van der Waals surface area contributed by atoms with Crippen LogP contribution < -0.4 is 20.9 Å². The second-order valence-electron chi connectivity index (χ2n) is 13.0. The molecule has 3 aromatic carbocycles. The normalized spacial score (nSPS) is 10.3. The van der Waals surface area contributed by atoms with Crippen molar-refractivity contribution < 1.29 is 31.1 Å². The first-order valence-corrected chi connectivity index (χ1v) is 17.9. The third-order valence-corrected chi connectivity index (χ3v) is 8.96. The van der Waals surface area contributed by atoms with E-state index in [2.05, 4.69) is 30.7 Å². The lowest BCUT2D eigenvalue weighted by atomic mass is 10.0. The minimum atomic E-state index is -0.896. The first kappa shape index (κ1) is 48.6. The standard InChI is InChI=1S/C23H13F3N4O3.C20H14F2N4O.4CH4/c1-12-27-28-23(32-12)13-2-4-16(25)15(10-13)22-18-5-7-21(29-30(18)9-8-19(22)31)33-20-6-3-14(24)11-17(20)26;21-14-4-1-5-15(22)19(14)20-16-6-7-18(25-26(16)10-8-17(20)27)24-12-13-3-2-9-23-11-13;;;;/h2-11H,1H3;1-11H,12H2,(H,24,25);4*1H4. The number of rotatable bonds is 8. The summed E-state index contributed by atoms with van der Waals surface area (Å²) in [7, 11) is 0. The van der Waals surface area contributed by atoms with Crippen LogP contribution >= 0.6 is 0 Å². The van der Waals surface area contributed by atoms with Crippen molar-refractivity contribution in [1.29, 1.82) is 0 Å². The lowest BCUT2D eigenvalue weighted by molar-refractivity contribution is 0.416. The number of fused-ring (bicyclic) bond motifs is 2. The molecule has 330 valence electrons. The predicted octanol–water partition coefficient (Wildman–Crippen LogP) is 11.1. The number of hydrogen-bond donors (Lipinski definition) is 1. The number of nitrogens with one attached hydrogen (secondary N) is 1. The first-order chi connectivity index (χ1) is 29.0. The van der Waals surface area contributed by atoms with Crippen LogP contribution in [0.25, 0.3) is 44.7 Å². The highest BCUT2D eigenvalue weighted by Crippen LogP contribution is 2.31. The molecule has 0 aliphatic rings. The summed E-state index contributed by atoms with van der Waals surface area (Å²) < 4.78 is 83.8. The Morgan fingerprint density at radius 2 is 1.34 bits per heavy atom. The average molecular weight is 879 g/mol. The topological polar surface area (TPSA) is 142 Å². The second kappa shape index (κ2) is 20.7. The van der Waals surface area contributed by atoms with E-state index in [4.69, 9.17) is 9.15 Å². The Morgan fingerprint density at radius 3 is 2.02 bits per heavy atom. The van der Waals surface area contributed by atoms with E-state index in [9.17, 15) is 31.5 Å². The maximum atomic E-state index is 14.8. The van der Waals surface area contributed by atoms with Gasteiger partial charge in [0.15, 0.2) is 22.4 Å². The van der Waals surface area contributed by atoms with E-state index in [-0.39, 0.29) is 75.0 Å². The summed E-state index contributed by atoms with van der Waals surface area (Å²) in [5, 5.41) is 19.4. The summed E-state index contributed by atoms with van der Waals surface area (Å²) in [4.78, 5) is 29.1. The molecular formula is C47H43F5N8O4. The Morgan fingerprint density at radius 1 is 0.656 bits per heavy atom. The number of anilines is 1. The van der Waals surface area contributed by atoms with Gasteiger partial charge in [0.1, 0.15) is 29.1 Å². The van der Waals surface area contributed by atoms with Gasteiger partial charge < -0.3 is 14.5 Å².